The second-order valence-corrected chi connectivity index (χ2v) is 7.30. The van der Waals surface area contributed by atoms with Crippen molar-refractivity contribution in [3.63, 3.8) is 0 Å². The van der Waals surface area contributed by atoms with Crippen LogP contribution >= 0.6 is 11.3 Å². The topological polar surface area (TPSA) is 75.7 Å². The first kappa shape index (κ1) is 19.6. The molecule has 1 amide bonds. The molecule has 1 aromatic heterocycles. The third-order valence-electron chi connectivity index (χ3n) is 4.26. The molecule has 1 N–H and O–H groups in total. The quantitative estimate of drug-likeness (QED) is 0.618. The van der Waals surface area contributed by atoms with Crippen LogP contribution in [0.5, 0.6) is 0 Å². The first-order chi connectivity index (χ1) is 11.9. The maximum atomic E-state index is 12.4. The van der Waals surface area contributed by atoms with Gasteiger partial charge in [-0.05, 0) is 52.3 Å². The van der Waals surface area contributed by atoms with Crippen molar-refractivity contribution >= 4 is 34.0 Å². The first-order valence-corrected chi connectivity index (χ1v) is 9.59. The fourth-order valence-corrected chi connectivity index (χ4v) is 4.16. The number of hydrogen-bond donors (Lipinski definition) is 1. The lowest BCUT2D eigenvalue weighted by atomic mass is 10.1. The predicted molar refractivity (Wildman–Crippen MR) is 98.6 cm³/mol. The Balaban J connectivity index is 2.16. The van der Waals surface area contributed by atoms with E-state index in [1.165, 1.54) is 19.8 Å². The smallest absolute Gasteiger partial charge is 0.341 e. The van der Waals surface area contributed by atoms with Gasteiger partial charge in [-0.3, -0.25) is 14.5 Å². The van der Waals surface area contributed by atoms with Crippen LogP contribution in [0.3, 0.4) is 0 Å². The number of amides is 1. The van der Waals surface area contributed by atoms with Crippen LogP contribution in [0.1, 0.15) is 65.1 Å². The molecule has 2 heterocycles. The summed E-state index contributed by atoms with van der Waals surface area (Å²) in [6.07, 6.45) is 4.62. The molecule has 0 saturated carbocycles. The Morgan fingerprint density at radius 2 is 1.80 bits per heavy atom. The van der Waals surface area contributed by atoms with Crippen LogP contribution in [-0.2, 0) is 9.53 Å². The minimum Gasteiger partial charge on any atom is -0.462 e. The highest BCUT2D eigenvalue weighted by molar-refractivity contribution is 7.18. The standard InChI is InChI=1S/C18H26N2O4S/c1-4-24-18(23)15-12(2)16(13(3)21)25-17(15)19-14(22)11-20-9-7-5-6-8-10-20/h4-11H2,1-3H3,(H,19,22). The fraction of sp³-hybridized carbons (Fsp3) is 0.611. The minimum absolute atomic E-state index is 0.124. The van der Waals surface area contributed by atoms with E-state index in [1.54, 1.807) is 13.8 Å². The molecule has 0 spiro atoms. The summed E-state index contributed by atoms with van der Waals surface area (Å²) in [6.45, 7) is 7.27. The molecule has 1 aliphatic heterocycles. The van der Waals surface area contributed by atoms with E-state index in [4.69, 9.17) is 4.74 Å². The van der Waals surface area contributed by atoms with Gasteiger partial charge in [-0.1, -0.05) is 12.8 Å². The second-order valence-electron chi connectivity index (χ2n) is 6.28. The van der Waals surface area contributed by atoms with Gasteiger partial charge in [-0.15, -0.1) is 11.3 Å². The summed E-state index contributed by atoms with van der Waals surface area (Å²) in [5.74, 6) is -0.793. The number of hydrogen-bond acceptors (Lipinski definition) is 6. The molecular formula is C18H26N2O4S. The zero-order valence-electron chi connectivity index (χ0n) is 15.1. The lowest BCUT2D eigenvalue weighted by molar-refractivity contribution is -0.117. The van der Waals surface area contributed by atoms with Gasteiger partial charge in [-0.25, -0.2) is 4.79 Å². The Morgan fingerprint density at radius 1 is 1.16 bits per heavy atom. The lowest BCUT2D eigenvalue weighted by Crippen LogP contribution is -2.34. The van der Waals surface area contributed by atoms with E-state index in [2.05, 4.69) is 10.2 Å². The van der Waals surface area contributed by atoms with E-state index in [9.17, 15) is 14.4 Å². The summed E-state index contributed by atoms with van der Waals surface area (Å²) in [5.41, 5.74) is 0.863. The van der Waals surface area contributed by atoms with Gasteiger partial charge in [0.1, 0.15) is 5.00 Å². The number of carbonyl (C=O) groups excluding carboxylic acids is 3. The Kier molecular flexibility index (Phi) is 7.13. The van der Waals surface area contributed by atoms with Crippen molar-refractivity contribution in [2.24, 2.45) is 0 Å². The molecule has 1 saturated heterocycles. The molecule has 7 heteroatoms. The van der Waals surface area contributed by atoms with E-state index in [-0.39, 0.29) is 18.3 Å². The molecule has 0 atom stereocenters. The maximum absolute atomic E-state index is 12.4. The number of ether oxygens (including phenoxy) is 1. The van der Waals surface area contributed by atoms with Crippen LogP contribution in [0.15, 0.2) is 0 Å². The van der Waals surface area contributed by atoms with Gasteiger partial charge >= 0.3 is 5.97 Å². The highest BCUT2D eigenvalue weighted by atomic mass is 32.1. The molecule has 0 unspecified atom stereocenters. The summed E-state index contributed by atoms with van der Waals surface area (Å²) in [7, 11) is 0. The lowest BCUT2D eigenvalue weighted by Gasteiger charge is -2.18. The van der Waals surface area contributed by atoms with Gasteiger partial charge in [0.2, 0.25) is 5.91 Å². The monoisotopic (exact) mass is 366 g/mol. The number of ketones is 1. The van der Waals surface area contributed by atoms with Crippen LogP contribution in [0.25, 0.3) is 0 Å². The number of Topliss-reactive ketones (excluding diaryl/α,β-unsaturated/α-hetero) is 1. The normalized spacial score (nSPS) is 15.5. The van der Waals surface area contributed by atoms with Crippen LogP contribution in [0.4, 0.5) is 5.00 Å². The van der Waals surface area contributed by atoms with Crippen molar-refractivity contribution in [2.75, 3.05) is 31.6 Å². The summed E-state index contributed by atoms with van der Waals surface area (Å²) in [4.78, 5) is 39.1. The van der Waals surface area contributed by atoms with Crippen LogP contribution in [-0.4, -0.2) is 48.8 Å². The summed E-state index contributed by atoms with van der Waals surface area (Å²) in [5, 5.41) is 3.22. The number of carbonyl (C=O) groups is 3. The maximum Gasteiger partial charge on any atom is 0.341 e. The molecule has 0 radical (unpaired) electrons. The number of esters is 1. The van der Waals surface area contributed by atoms with Crippen LogP contribution in [0, 0.1) is 6.92 Å². The molecule has 0 aliphatic carbocycles. The first-order valence-electron chi connectivity index (χ1n) is 8.77. The van der Waals surface area contributed by atoms with Crippen molar-refractivity contribution in [3.8, 4) is 0 Å². The molecule has 138 valence electrons. The molecule has 1 fully saturated rings. The molecule has 25 heavy (non-hydrogen) atoms. The molecular weight excluding hydrogens is 340 g/mol. The fourth-order valence-electron chi connectivity index (χ4n) is 3.05. The summed E-state index contributed by atoms with van der Waals surface area (Å²) < 4.78 is 5.09. The van der Waals surface area contributed by atoms with E-state index >= 15 is 0 Å². The van der Waals surface area contributed by atoms with Gasteiger partial charge in [-0.2, -0.15) is 0 Å². The summed E-state index contributed by atoms with van der Waals surface area (Å²) in [6, 6.07) is 0. The van der Waals surface area contributed by atoms with Gasteiger partial charge in [0.15, 0.2) is 5.78 Å². The van der Waals surface area contributed by atoms with Crippen molar-refractivity contribution in [2.45, 2.75) is 46.5 Å². The minimum atomic E-state index is -0.506. The Morgan fingerprint density at radius 3 is 2.36 bits per heavy atom. The van der Waals surface area contributed by atoms with Crippen molar-refractivity contribution in [3.05, 3.63) is 16.0 Å². The Labute approximate surface area is 152 Å². The number of rotatable bonds is 6. The Hall–Kier alpha value is -1.73. The van der Waals surface area contributed by atoms with Crippen molar-refractivity contribution < 1.29 is 19.1 Å². The third-order valence-corrected chi connectivity index (χ3v) is 5.57. The average Bonchev–Trinajstić information content (AvgIpc) is 2.71. The van der Waals surface area contributed by atoms with Gasteiger partial charge in [0.05, 0.1) is 23.6 Å². The number of anilines is 1. The van der Waals surface area contributed by atoms with Crippen molar-refractivity contribution in [1.29, 1.82) is 0 Å². The predicted octanol–water partition coefficient (Wildman–Crippen LogP) is 3.25. The van der Waals surface area contributed by atoms with E-state index < -0.39 is 5.97 Å². The third kappa shape index (κ3) is 5.12. The average molecular weight is 366 g/mol. The number of thiophene rings is 1. The van der Waals surface area contributed by atoms with Crippen LogP contribution in [0.2, 0.25) is 0 Å². The number of nitrogens with zero attached hydrogens (tertiary/aromatic N) is 1. The second kappa shape index (κ2) is 9.10. The van der Waals surface area contributed by atoms with Gasteiger partial charge in [0.25, 0.3) is 0 Å². The number of likely N-dealkylation sites (tertiary alicyclic amines) is 1. The summed E-state index contributed by atoms with van der Waals surface area (Å²) >= 11 is 1.14. The zero-order valence-corrected chi connectivity index (χ0v) is 16.0. The van der Waals surface area contributed by atoms with Gasteiger partial charge < -0.3 is 10.1 Å². The van der Waals surface area contributed by atoms with E-state index in [0.717, 1.165) is 37.3 Å². The highest BCUT2D eigenvalue weighted by Crippen LogP contribution is 2.34. The highest BCUT2D eigenvalue weighted by Gasteiger charge is 2.25. The van der Waals surface area contributed by atoms with Crippen LogP contribution < -0.4 is 5.32 Å². The Bertz CT molecular complexity index is 646. The molecule has 0 aromatic carbocycles. The van der Waals surface area contributed by atoms with Gasteiger partial charge in [0, 0.05) is 0 Å². The zero-order chi connectivity index (χ0) is 18.4. The molecule has 2 rings (SSSR count). The van der Waals surface area contributed by atoms with Crippen molar-refractivity contribution in [1.82, 2.24) is 4.90 Å². The SMILES string of the molecule is CCOC(=O)c1c(NC(=O)CN2CCCCCC2)sc(C(C)=O)c1C. The molecule has 1 aliphatic rings. The van der Waals surface area contributed by atoms with E-state index in [1.807, 2.05) is 0 Å². The molecule has 6 nitrogen and oxygen atoms in total. The molecule has 0 bridgehead atoms. The number of nitrogens with one attached hydrogen (secondary N) is 1. The largest absolute Gasteiger partial charge is 0.462 e. The van der Waals surface area contributed by atoms with E-state index in [0.29, 0.717) is 27.5 Å². The molecule has 1 aromatic rings.